The molecule has 27 heavy (non-hydrogen) atoms. The van der Waals surface area contributed by atoms with Gasteiger partial charge in [-0.25, -0.2) is 13.4 Å². The summed E-state index contributed by atoms with van der Waals surface area (Å²) in [5, 5.41) is 0. The maximum Gasteiger partial charge on any atom is 0.178 e. The van der Waals surface area contributed by atoms with Gasteiger partial charge in [0, 0.05) is 18.7 Å². The van der Waals surface area contributed by atoms with E-state index in [0.29, 0.717) is 11.3 Å². The first-order valence-electron chi connectivity index (χ1n) is 9.53. The number of sulfone groups is 1. The molecular formula is C21H27N3O2S. The summed E-state index contributed by atoms with van der Waals surface area (Å²) in [6, 6.07) is 8.69. The molecule has 3 rings (SSSR count). The number of benzene rings is 1. The normalized spacial score (nSPS) is 12.0. The van der Waals surface area contributed by atoms with Gasteiger partial charge in [-0.3, -0.25) is 4.98 Å². The van der Waals surface area contributed by atoms with Gasteiger partial charge in [-0.15, -0.1) is 0 Å². The molecule has 0 unspecified atom stereocenters. The minimum atomic E-state index is -3.21. The number of aromatic nitrogens is 3. The molecule has 0 atom stereocenters. The molecule has 0 aliphatic heterocycles. The van der Waals surface area contributed by atoms with Crippen molar-refractivity contribution in [2.45, 2.75) is 57.9 Å². The summed E-state index contributed by atoms with van der Waals surface area (Å²) >= 11 is 0. The third kappa shape index (κ3) is 4.21. The number of imidazole rings is 1. The standard InChI is InChI=1S/C21H27N3O2S/c1-4-10-20-23-19-15-22-17(3)16(2)21(19)24(20)13-8-9-14-27(25,26)18-11-6-5-7-12-18/h5-7,11-12,15H,4,8-10,13-14H2,1-3H3. The topological polar surface area (TPSA) is 64.8 Å². The summed E-state index contributed by atoms with van der Waals surface area (Å²) in [5.41, 5.74) is 4.23. The van der Waals surface area contributed by atoms with Crippen LogP contribution in [0.4, 0.5) is 0 Å². The van der Waals surface area contributed by atoms with Crippen molar-refractivity contribution in [3.63, 3.8) is 0 Å². The summed E-state index contributed by atoms with van der Waals surface area (Å²) in [6.07, 6.45) is 5.21. The molecule has 0 radical (unpaired) electrons. The average molecular weight is 386 g/mol. The molecule has 0 amide bonds. The van der Waals surface area contributed by atoms with Gasteiger partial charge in [0.05, 0.1) is 22.4 Å². The fraction of sp³-hybridized carbons (Fsp3) is 0.429. The van der Waals surface area contributed by atoms with Crippen LogP contribution in [0, 0.1) is 13.8 Å². The fourth-order valence-electron chi connectivity index (χ4n) is 3.39. The van der Waals surface area contributed by atoms with Crippen LogP contribution < -0.4 is 0 Å². The first kappa shape index (κ1) is 19.5. The first-order valence-corrected chi connectivity index (χ1v) is 11.2. The van der Waals surface area contributed by atoms with Gasteiger partial charge in [0.1, 0.15) is 11.3 Å². The molecule has 3 aromatic rings. The zero-order valence-corrected chi connectivity index (χ0v) is 17.1. The number of nitrogens with zero attached hydrogens (tertiary/aromatic N) is 3. The minimum absolute atomic E-state index is 0.173. The van der Waals surface area contributed by atoms with E-state index in [4.69, 9.17) is 4.98 Å². The average Bonchev–Trinajstić information content (AvgIpc) is 3.01. The van der Waals surface area contributed by atoms with Gasteiger partial charge in [-0.05, 0) is 50.8 Å². The molecular weight excluding hydrogens is 358 g/mol. The second kappa shape index (κ2) is 8.21. The molecule has 0 saturated heterocycles. The lowest BCUT2D eigenvalue weighted by atomic mass is 10.2. The molecule has 1 aromatic carbocycles. The molecule has 2 heterocycles. The molecule has 0 saturated carbocycles. The molecule has 0 aliphatic carbocycles. The molecule has 5 nitrogen and oxygen atoms in total. The molecule has 0 fully saturated rings. The third-order valence-corrected chi connectivity index (χ3v) is 6.79. The number of hydrogen-bond donors (Lipinski definition) is 0. The summed E-state index contributed by atoms with van der Waals surface area (Å²) in [6.45, 7) is 7.02. The Bertz CT molecular complexity index is 1020. The number of fused-ring (bicyclic) bond motifs is 1. The van der Waals surface area contributed by atoms with Gasteiger partial charge in [-0.2, -0.15) is 0 Å². The zero-order valence-electron chi connectivity index (χ0n) is 16.3. The largest absolute Gasteiger partial charge is 0.328 e. The highest BCUT2D eigenvalue weighted by Crippen LogP contribution is 2.23. The van der Waals surface area contributed by atoms with Crippen LogP contribution in [-0.4, -0.2) is 28.7 Å². The molecule has 144 valence electrons. The molecule has 0 bridgehead atoms. The number of rotatable bonds is 8. The van der Waals surface area contributed by atoms with Crippen LogP contribution in [0.3, 0.4) is 0 Å². The number of aryl methyl sites for hydroxylation is 4. The van der Waals surface area contributed by atoms with E-state index in [1.807, 2.05) is 19.2 Å². The first-order chi connectivity index (χ1) is 12.9. The van der Waals surface area contributed by atoms with Crippen molar-refractivity contribution in [3.8, 4) is 0 Å². The van der Waals surface area contributed by atoms with Gasteiger partial charge in [0.25, 0.3) is 0 Å². The number of hydrogen-bond acceptors (Lipinski definition) is 4. The Balaban J connectivity index is 1.75. The van der Waals surface area contributed by atoms with Crippen molar-refractivity contribution in [3.05, 3.63) is 53.6 Å². The lowest BCUT2D eigenvalue weighted by Gasteiger charge is -2.11. The Hall–Kier alpha value is -2.21. The Kier molecular flexibility index (Phi) is 5.95. The van der Waals surface area contributed by atoms with E-state index in [1.54, 1.807) is 24.3 Å². The van der Waals surface area contributed by atoms with Crippen molar-refractivity contribution in [2.75, 3.05) is 5.75 Å². The van der Waals surface area contributed by atoms with Gasteiger partial charge >= 0.3 is 0 Å². The second-order valence-corrected chi connectivity index (χ2v) is 9.08. The van der Waals surface area contributed by atoms with E-state index in [1.165, 1.54) is 0 Å². The van der Waals surface area contributed by atoms with Gasteiger partial charge < -0.3 is 4.57 Å². The van der Waals surface area contributed by atoms with Crippen LogP contribution in [0.25, 0.3) is 11.0 Å². The fourth-order valence-corrected chi connectivity index (χ4v) is 4.79. The number of pyridine rings is 1. The maximum atomic E-state index is 12.4. The van der Waals surface area contributed by atoms with Crippen LogP contribution in [-0.2, 0) is 22.8 Å². The van der Waals surface area contributed by atoms with Crippen LogP contribution >= 0.6 is 0 Å². The SMILES string of the molecule is CCCc1nc2cnc(C)c(C)c2n1CCCCS(=O)(=O)c1ccccc1. The van der Waals surface area contributed by atoms with Crippen LogP contribution in [0.1, 0.15) is 43.3 Å². The summed E-state index contributed by atoms with van der Waals surface area (Å²) < 4.78 is 27.2. The molecule has 2 aromatic heterocycles. The summed E-state index contributed by atoms with van der Waals surface area (Å²) in [7, 11) is -3.21. The monoisotopic (exact) mass is 385 g/mol. The van der Waals surface area contributed by atoms with E-state index in [0.717, 1.165) is 53.9 Å². The summed E-state index contributed by atoms with van der Waals surface area (Å²) in [4.78, 5) is 9.60. The van der Waals surface area contributed by atoms with E-state index >= 15 is 0 Å². The smallest absolute Gasteiger partial charge is 0.178 e. The van der Waals surface area contributed by atoms with Crippen LogP contribution in [0.2, 0.25) is 0 Å². The van der Waals surface area contributed by atoms with Crippen molar-refractivity contribution >= 4 is 20.9 Å². The quantitative estimate of drug-likeness (QED) is 0.544. The predicted octanol–water partition coefficient (Wildman–Crippen LogP) is 4.25. The highest BCUT2D eigenvalue weighted by Gasteiger charge is 2.16. The van der Waals surface area contributed by atoms with Crippen LogP contribution in [0.5, 0.6) is 0 Å². The highest BCUT2D eigenvalue weighted by atomic mass is 32.2. The van der Waals surface area contributed by atoms with E-state index < -0.39 is 9.84 Å². The summed E-state index contributed by atoms with van der Waals surface area (Å²) in [5.74, 6) is 1.24. The maximum absolute atomic E-state index is 12.4. The minimum Gasteiger partial charge on any atom is -0.328 e. The molecule has 0 aliphatic rings. The lowest BCUT2D eigenvalue weighted by molar-refractivity contribution is 0.579. The van der Waals surface area contributed by atoms with Gasteiger partial charge in [0.2, 0.25) is 0 Å². The Labute approximate surface area is 161 Å². The molecule has 0 spiro atoms. The van der Waals surface area contributed by atoms with E-state index in [2.05, 4.69) is 23.4 Å². The molecule has 0 N–H and O–H groups in total. The number of unbranched alkanes of at least 4 members (excludes halogenated alkanes) is 1. The third-order valence-electron chi connectivity index (χ3n) is 4.97. The highest BCUT2D eigenvalue weighted by molar-refractivity contribution is 7.91. The van der Waals surface area contributed by atoms with Crippen molar-refractivity contribution in [1.29, 1.82) is 0 Å². The van der Waals surface area contributed by atoms with Crippen molar-refractivity contribution < 1.29 is 8.42 Å². The van der Waals surface area contributed by atoms with Crippen molar-refractivity contribution in [1.82, 2.24) is 14.5 Å². The Morgan fingerprint density at radius 3 is 2.52 bits per heavy atom. The van der Waals surface area contributed by atoms with Crippen molar-refractivity contribution in [2.24, 2.45) is 0 Å². The van der Waals surface area contributed by atoms with E-state index in [-0.39, 0.29) is 5.75 Å². The zero-order chi connectivity index (χ0) is 19.4. The Morgan fingerprint density at radius 1 is 1.07 bits per heavy atom. The lowest BCUT2D eigenvalue weighted by Crippen LogP contribution is -2.10. The second-order valence-electron chi connectivity index (χ2n) is 6.97. The van der Waals surface area contributed by atoms with Gasteiger partial charge in [0.15, 0.2) is 9.84 Å². The van der Waals surface area contributed by atoms with Crippen LogP contribution in [0.15, 0.2) is 41.4 Å². The Morgan fingerprint density at radius 2 is 1.81 bits per heavy atom. The van der Waals surface area contributed by atoms with Gasteiger partial charge in [-0.1, -0.05) is 25.1 Å². The van der Waals surface area contributed by atoms with E-state index in [9.17, 15) is 8.42 Å². The predicted molar refractivity (Wildman–Crippen MR) is 109 cm³/mol. The molecule has 6 heteroatoms.